The second-order valence-electron chi connectivity index (χ2n) is 2.45. The van der Waals surface area contributed by atoms with E-state index < -0.39 is 0 Å². The Bertz CT molecular complexity index is 338. The van der Waals surface area contributed by atoms with E-state index in [1.165, 1.54) is 0 Å². The van der Waals surface area contributed by atoms with Gasteiger partial charge in [-0.2, -0.15) is 0 Å². The molecule has 1 aromatic carbocycles. The molecule has 0 aliphatic carbocycles. The highest BCUT2D eigenvalue weighted by molar-refractivity contribution is 14.1. The Morgan fingerprint density at radius 3 is 2.67 bits per heavy atom. The monoisotopic (exact) mass is 339 g/mol. The fourth-order valence-electron chi connectivity index (χ4n) is 0.835. The van der Waals surface area contributed by atoms with Gasteiger partial charge in [0.05, 0.1) is 5.56 Å². The van der Waals surface area contributed by atoms with Crippen LogP contribution in [0.3, 0.4) is 0 Å². The van der Waals surface area contributed by atoms with Crippen LogP contribution in [-0.2, 0) is 0 Å². The highest BCUT2D eigenvalue weighted by Gasteiger charge is 2.07. The summed E-state index contributed by atoms with van der Waals surface area (Å²) in [4.78, 5) is 10.9. The van der Waals surface area contributed by atoms with Crippen LogP contribution in [0, 0.1) is 10.5 Å². The molecule has 1 amide bonds. The van der Waals surface area contributed by atoms with E-state index in [0.717, 1.165) is 13.6 Å². The van der Waals surface area contributed by atoms with E-state index in [2.05, 4.69) is 38.5 Å². The van der Waals surface area contributed by atoms with Crippen LogP contribution in [0.5, 0.6) is 0 Å². The lowest BCUT2D eigenvalue weighted by Gasteiger charge is -2.03. The van der Waals surface area contributed by atoms with Crippen LogP contribution >= 0.6 is 38.5 Å². The quantitative estimate of drug-likeness (QED) is 0.785. The number of amides is 1. The van der Waals surface area contributed by atoms with Gasteiger partial charge in [0.15, 0.2) is 0 Å². The van der Waals surface area contributed by atoms with Crippen molar-refractivity contribution >= 4 is 44.4 Å². The lowest BCUT2D eigenvalue weighted by molar-refractivity contribution is 0.0999. The molecule has 0 aromatic heterocycles. The number of rotatable bonds is 1. The number of hydrogen-bond donors (Lipinski definition) is 1. The molecule has 0 saturated heterocycles. The Kier molecular flexibility index (Phi) is 3.11. The molecule has 4 heteroatoms. The maximum absolute atomic E-state index is 10.9. The number of benzene rings is 1. The zero-order valence-electron chi connectivity index (χ0n) is 6.40. The summed E-state index contributed by atoms with van der Waals surface area (Å²) in [5, 5.41) is 0. The summed E-state index contributed by atoms with van der Waals surface area (Å²) in [6.45, 7) is 1.97. The smallest absolute Gasteiger partial charge is 0.249 e. The van der Waals surface area contributed by atoms with Gasteiger partial charge in [0.25, 0.3) is 0 Å². The lowest BCUT2D eigenvalue weighted by Crippen LogP contribution is -2.12. The highest BCUT2D eigenvalue weighted by atomic mass is 127. The SMILES string of the molecule is Cc1cc(I)c(C(N)=O)cc1Br. The molecule has 0 fully saturated rings. The van der Waals surface area contributed by atoms with E-state index in [1.54, 1.807) is 6.07 Å². The van der Waals surface area contributed by atoms with Crippen LogP contribution in [0.15, 0.2) is 16.6 Å². The fraction of sp³-hybridized carbons (Fsp3) is 0.125. The summed E-state index contributed by atoms with van der Waals surface area (Å²) >= 11 is 5.43. The molecule has 12 heavy (non-hydrogen) atoms. The molecule has 0 spiro atoms. The minimum absolute atomic E-state index is 0.389. The summed E-state index contributed by atoms with van der Waals surface area (Å²) in [6, 6.07) is 3.67. The van der Waals surface area contributed by atoms with Crippen molar-refractivity contribution in [2.75, 3.05) is 0 Å². The van der Waals surface area contributed by atoms with E-state index in [4.69, 9.17) is 5.73 Å². The van der Waals surface area contributed by atoms with Gasteiger partial charge in [-0.25, -0.2) is 0 Å². The molecule has 0 bridgehead atoms. The van der Waals surface area contributed by atoms with Crippen molar-refractivity contribution in [1.29, 1.82) is 0 Å². The van der Waals surface area contributed by atoms with Crippen LogP contribution < -0.4 is 5.73 Å². The van der Waals surface area contributed by atoms with Gasteiger partial charge in [-0.05, 0) is 47.2 Å². The average molecular weight is 340 g/mol. The molecule has 1 rings (SSSR count). The molecule has 64 valence electrons. The minimum Gasteiger partial charge on any atom is -0.366 e. The third-order valence-electron chi connectivity index (χ3n) is 1.51. The Morgan fingerprint density at radius 2 is 2.17 bits per heavy atom. The van der Waals surface area contributed by atoms with Gasteiger partial charge < -0.3 is 5.73 Å². The summed E-state index contributed by atoms with van der Waals surface area (Å²) in [5.41, 5.74) is 6.83. The molecule has 0 atom stereocenters. The molecule has 0 radical (unpaired) electrons. The Morgan fingerprint density at radius 1 is 1.58 bits per heavy atom. The fourth-order valence-corrected chi connectivity index (χ4v) is 2.07. The van der Waals surface area contributed by atoms with Crippen molar-refractivity contribution in [3.8, 4) is 0 Å². The van der Waals surface area contributed by atoms with Crippen molar-refractivity contribution in [3.63, 3.8) is 0 Å². The molecular weight excluding hydrogens is 333 g/mol. The summed E-state index contributed by atoms with van der Waals surface area (Å²) in [5.74, 6) is -0.389. The van der Waals surface area contributed by atoms with Gasteiger partial charge >= 0.3 is 0 Å². The standard InChI is InChI=1S/C8H7BrINO/c1-4-2-7(10)5(8(11)12)3-6(4)9/h2-3H,1H3,(H2,11,12). The van der Waals surface area contributed by atoms with Crippen molar-refractivity contribution in [2.24, 2.45) is 5.73 Å². The second kappa shape index (κ2) is 3.74. The van der Waals surface area contributed by atoms with Crippen LogP contribution in [0.4, 0.5) is 0 Å². The number of carbonyl (C=O) groups is 1. The van der Waals surface area contributed by atoms with Crippen molar-refractivity contribution in [2.45, 2.75) is 6.92 Å². The summed E-state index contributed by atoms with van der Waals surface area (Å²) in [6.07, 6.45) is 0. The average Bonchev–Trinajstić information content (AvgIpc) is 1.96. The molecule has 0 saturated carbocycles. The number of halogens is 2. The van der Waals surface area contributed by atoms with Crippen molar-refractivity contribution in [3.05, 3.63) is 31.3 Å². The van der Waals surface area contributed by atoms with Crippen molar-refractivity contribution < 1.29 is 4.79 Å². The number of carbonyl (C=O) groups excluding carboxylic acids is 1. The molecule has 0 unspecified atom stereocenters. The first-order valence-corrected chi connectivity index (χ1v) is 5.15. The first kappa shape index (κ1) is 9.98. The molecule has 2 nitrogen and oxygen atoms in total. The van der Waals surface area contributed by atoms with Gasteiger partial charge in [-0.15, -0.1) is 0 Å². The van der Waals surface area contributed by atoms with Gasteiger partial charge in [-0.3, -0.25) is 4.79 Å². The number of primary amides is 1. The largest absolute Gasteiger partial charge is 0.366 e. The molecule has 0 heterocycles. The molecule has 0 aliphatic rings. The Hall–Kier alpha value is -0.100. The highest BCUT2D eigenvalue weighted by Crippen LogP contribution is 2.22. The van der Waals surface area contributed by atoms with E-state index in [9.17, 15) is 4.79 Å². The lowest BCUT2D eigenvalue weighted by atomic mass is 10.1. The predicted octanol–water partition coefficient (Wildman–Crippen LogP) is 2.46. The second-order valence-corrected chi connectivity index (χ2v) is 4.46. The molecule has 2 N–H and O–H groups in total. The summed E-state index contributed by atoms with van der Waals surface area (Å²) in [7, 11) is 0. The molecule has 0 aliphatic heterocycles. The number of hydrogen-bond acceptors (Lipinski definition) is 1. The first-order chi connectivity index (χ1) is 5.52. The minimum atomic E-state index is -0.389. The normalized spacial score (nSPS) is 9.92. The Balaban J connectivity index is 3.33. The molecular formula is C8H7BrINO. The number of nitrogens with two attached hydrogens (primary N) is 1. The maximum Gasteiger partial charge on any atom is 0.249 e. The zero-order chi connectivity index (χ0) is 9.30. The van der Waals surface area contributed by atoms with Gasteiger partial charge in [0.2, 0.25) is 5.91 Å². The van der Waals surface area contributed by atoms with E-state index >= 15 is 0 Å². The predicted molar refractivity (Wildman–Crippen MR) is 60.1 cm³/mol. The van der Waals surface area contributed by atoms with Crippen LogP contribution in [0.25, 0.3) is 0 Å². The third kappa shape index (κ3) is 1.98. The van der Waals surface area contributed by atoms with Crippen LogP contribution in [0.2, 0.25) is 0 Å². The maximum atomic E-state index is 10.9. The molecule has 1 aromatic rings. The topological polar surface area (TPSA) is 43.1 Å². The number of aryl methyl sites for hydroxylation is 1. The zero-order valence-corrected chi connectivity index (χ0v) is 10.1. The summed E-state index contributed by atoms with van der Waals surface area (Å²) < 4.78 is 1.80. The van der Waals surface area contributed by atoms with Crippen LogP contribution in [0.1, 0.15) is 15.9 Å². The van der Waals surface area contributed by atoms with E-state index in [0.29, 0.717) is 5.56 Å². The van der Waals surface area contributed by atoms with E-state index in [-0.39, 0.29) is 5.91 Å². The Labute approximate surface area is 92.8 Å². The van der Waals surface area contributed by atoms with E-state index in [1.807, 2.05) is 13.0 Å². The van der Waals surface area contributed by atoms with Crippen molar-refractivity contribution in [1.82, 2.24) is 0 Å². The van der Waals surface area contributed by atoms with Gasteiger partial charge in [0, 0.05) is 8.04 Å². The van der Waals surface area contributed by atoms with Gasteiger partial charge in [-0.1, -0.05) is 15.9 Å². The first-order valence-electron chi connectivity index (χ1n) is 3.28. The van der Waals surface area contributed by atoms with Crippen LogP contribution in [-0.4, -0.2) is 5.91 Å². The van der Waals surface area contributed by atoms with Gasteiger partial charge in [0.1, 0.15) is 0 Å². The third-order valence-corrected chi connectivity index (χ3v) is 3.26.